The summed E-state index contributed by atoms with van der Waals surface area (Å²) in [5.74, 6) is 0. The van der Waals surface area contributed by atoms with E-state index in [-0.39, 0.29) is 6.61 Å². The maximum Gasteiger partial charge on any atom is 0.184 e. The van der Waals surface area contributed by atoms with Crippen LogP contribution < -0.4 is 0 Å². The molecule has 11 heteroatoms. The second kappa shape index (κ2) is 8.42. The molecule has 22 heavy (non-hydrogen) atoms. The van der Waals surface area contributed by atoms with Crippen LogP contribution in [0.1, 0.15) is 0 Å². The molecule has 0 aliphatic carbocycles. The van der Waals surface area contributed by atoms with Crippen molar-refractivity contribution in [3.63, 3.8) is 0 Å². The van der Waals surface area contributed by atoms with Crippen LogP contribution in [0.25, 0.3) is 0 Å². The highest BCUT2D eigenvalue weighted by atomic mass is 16.6. The number of hydrogen-bond acceptors (Lipinski definition) is 11. The van der Waals surface area contributed by atoms with Gasteiger partial charge in [0.15, 0.2) is 12.6 Å². The Morgan fingerprint density at radius 2 is 1.23 bits per heavy atom. The fraction of sp³-hybridized carbons (Fsp3) is 1.00. The second-order valence-corrected chi connectivity index (χ2v) is 4.99. The zero-order valence-electron chi connectivity index (χ0n) is 11.5. The maximum absolute atomic E-state index is 9.12. The molecule has 0 bridgehead atoms. The minimum absolute atomic E-state index is 0.153. The van der Waals surface area contributed by atoms with Gasteiger partial charge in [-0.15, -0.1) is 0 Å². The number of aliphatic hydroxyl groups excluding tert-OH is 9. The van der Waals surface area contributed by atoms with E-state index in [9.17, 15) is 0 Å². The largest absolute Gasteiger partial charge is 0.394 e. The third kappa shape index (κ3) is 4.53. The third-order valence-electron chi connectivity index (χ3n) is 3.34. The van der Waals surface area contributed by atoms with Crippen molar-refractivity contribution in [1.29, 1.82) is 0 Å². The number of hydrogen-bond donors (Lipinski definition) is 9. The molecule has 0 aromatic heterocycles. The zero-order chi connectivity index (χ0) is 17.0. The summed E-state index contributed by atoms with van der Waals surface area (Å²) in [6, 6.07) is 0. The van der Waals surface area contributed by atoms with Crippen molar-refractivity contribution in [1.82, 2.24) is 0 Å². The van der Waals surface area contributed by atoms with Crippen molar-refractivity contribution in [2.24, 2.45) is 0 Å². The predicted octanol–water partition coefficient (Wildman–Crippen LogP) is -5.80. The van der Waals surface area contributed by atoms with Crippen LogP contribution in [0, 0.1) is 0 Å². The molecule has 2 fully saturated rings. The summed E-state index contributed by atoms with van der Waals surface area (Å²) in [6.45, 7) is -0.679. The average Bonchev–Trinajstić information content (AvgIpc) is 2.51. The topological polar surface area (TPSA) is 201 Å². The minimum atomic E-state index is -1.57. The molecule has 0 aromatic rings. The van der Waals surface area contributed by atoms with Gasteiger partial charge in [-0.3, -0.25) is 0 Å². The van der Waals surface area contributed by atoms with Crippen LogP contribution in [0.15, 0.2) is 0 Å². The Labute approximate surface area is 125 Å². The Balaban J connectivity index is 0.000000224. The van der Waals surface area contributed by atoms with Gasteiger partial charge in [0, 0.05) is 0 Å². The molecule has 2 heterocycles. The van der Waals surface area contributed by atoms with Crippen LogP contribution >= 0.6 is 0 Å². The smallest absolute Gasteiger partial charge is 0.184 e. The molecule has 132 valence electrons. The van der Waals surface area contributed by atoms with Gasteiger partial charge in [0.2, 0.25) is 0 Å². The Bertz CT molecular complexity index is 310. The summed E-state index contributed by atoms with van der Waals surface area (Å²) in [5, 5.41) is 79.9. The Morgan fingerprint density at radius 1 is 0.682 bits per heavy atom. The van der Waals surface area contributed by atoms with Crippen molar-refractivity contribution in [3.8, 4) is 0 Å². The first-order valence-corrected chi connectivity index (χ1v) is 6.53. The van der Waals surface area contributed by atoms with E-state index in [2.05, 4.69) is 9.47 Å². The number of aliphatic hydroxyl groups is 9. The van der Waals surface area contributed by atoms with E-state index in [0.717, 1.165) is 0 Å². The minimum Gasteiger partial charge on any atom is -0.394 e. The van der Waals surface area contributed by atoms with Crippen LogP contribution in [0.5, 0.6) is 0 Å². The molecule has 2 rings (SSSR count). The Kier molecular flexibility index (Phi) is 7.51. The quantitative estimate of drug-likeness (QED) is 0.222. The van der Waals surface area contributed by atoms with Gasteiger partial charge in [-0.1, -0.05) is 0 Å². The van der Waals surface area contributed by atoms with Crippen molar-refractivity contribution < 1.29 is 55.4 Å². The first-order valence-electron chi connectivity index (χ1n) is 6.53. The van der Waals surface area contributed by atoms with E-state index < -0.39 is 61.9 Å². The van der Waals surface area contributed by atoms with Gasteiger partial charge >= 0.3 is 0 Å². The molecule has 9 N–H and O–H groups in total. The normalized spacial score (nSPS) is 49.2. The molecule has 0 radical (unpaired) electrons. The van der Waals surface area contributed by atoms with Crippen LogP contribution in [0.4, 0.5) is 0 Å². The van der Waals surface area contributed by atoms with E-state index in [4.69, 9.17) is 46.0 Å². The second-order valence-electron chi connectivity index (χ2n) is 4.99. The lowest BCUT2D eigenvalue weighted by Crippen LogP contribution is -2.58. The lowest BCUT2D eigenvalue weighted by Gasteiger charge is -2.37. The Hall–Kier alpha value is -0.440. The van der Waals surface area contributed by atoms with Crippen LogP contribution in [-0.4, -0.2) is 114 Å². The van der Waals surface area contributed by atoms with Crippen molar-refractivity contribution in [3.05, 3.63) is 0 Å². The summed E-state index contributed by atoms with van der Waals surface area (Å²) in [7, 11) is 0. The standard InChI is InChI=1S/C6H12O6.C5H10O5/c7-1-2-3(8)4(9)5(10)6(11)12-2;6-2-1-10-5(9)4(8)3(2)7/h2-11H,1H2;2-9H,1H2/t2-,3-,4+,5-,6-;2-,3+,4-,5-/m11/s1. The molecule has 0 saturated carbocycles. The molecule has 0 aromatic carbocycles. The summed E-state index contributed by atoms with van der Waals surface area (Å²) >= 11 is 0. The van der Waals surface area contributed by atoms with Gasteiger partial charge in [-0.05, 0) is 0 Å². The van der Waals surface area contributed by atoms with Crippen LogP contribution in [0.3, 0.4) is 0 Å². The SMILES string of the molecule is OC[C@H]1O[C@@H](O)[C@H](O)[C@@H](O)[C@@H]1O.O[C@@H]1[C@@H](O)[C@H](O)OC[C@H]1O. The van der Waals surface area contributed by atoms with E-state index in [1.54, 1.807) is 0 Å². The number of ether oxygens (including phenoxy) is 2. The highest BCUT2D eigenvalue weighted by molar-refractivity contribution is 4.88. The molecule has 2 aliphatic rings. The molecule has 0 unspecified atom stereocenters. The van der Waals surface area contributed by atoms with Gasteiger partial charge in [-0.25, -0.2) is 0 Å². The zero-order valence-corrected chi connectivity index (χ0v) is 11.5. The lowest BCUT2D eigenvalue weighted by atomic mass is 10.00. The van der Waals surface area contributed by atoms with E-state index in [0.29, 0.717) is 0 Å². The Morgan fingerprint density at radius 3 is 1.73 bits per heavy atom. The first-order chi connectivity index (χ1) is 10.2. The summed E-state index contributed by atoms with van der Waals surface area (Å²) in [4.78, 5) is 0. The molecule has 0 spiro atoms. The summed E-state index contributed by atoms with van der Waals surface area (Å²) < 4.78 is 9.04. The monoisotopic (exact) mass is 330 g/mol. The summed E-state index contributed by atoms with van der Waals surface area (Å²) in [5.41, 5.74) is 0. The fourth-order valence-corrected chi connectivity index (χ4v) is 1.87. The molecule has 2 aliphatic heterocycles. The maximum atomic E-state index is 9.12. The van der Waals surface area contributed by atoms with Gasteiger partial charge in [0.05, 0.1) is 13.2 Å². The predicted molar refractivity (Wildman–Crippen MR) is 66.0 cm³/mol. The average molecular weight is 330 g/mol. The third-order valence-corrected chi connectivity index (χ3v) is 3.34. The van der Waals surface area contributed by atoms with Crippen molar-refractivity contribution in [2.75, 3.05) is 13.2 Å². The van der Waals surface area contributed by atoms with Gasteiger partial charge in [0.1, 0.15) is 42.7 Å². The summed E-state index contributed by atoms with van der Waals surface area (Å²) in [6.07, 6.45) is -12.3. The highest BCUT2D eigenvalue weighted by Crippen LogP contribution is 2.19. The van der Waals surface area contributed by atoms with E-state index in [1.165, 1.54) is 0 Å². The molecule has 9 atom stereocenters. The van der Waals surface area contributed by atoms with Crippen molar-refractivity contribution >= 4 is 0 Å². The molecular weight excluding hydrogens is 308 g/mol. The van der Waals surface area contributed by atoms with Crippen molar-refractivity contribution in [2.45, 2.75) is 55.3 Å². The molecule has 11 nitrogen and oxygen atoms in total. The van der Waals surface area contributed by atoms with E-state index >= 15 is 0 Å². The van der Waals surface area contributed by atoms with Gasteiger partial charge in [-0.2, -0.15) is 0 Å². The molecular formula is C11H22O11. The number of rotatable bonds is 1. The van der Waals surface area contributed by atoms with E-state index in [1.807, 2.05) is 0 Å². The lowest BCUT2D eigenvalue weighted by molar-refractivity contribution is -0.286. The first kappa shape index (κ1) is 19.6. The van der Waals surface area contributed by atoms with Gasteiger partial charge in [0.25, 0.3) is 0 Å². The fourth-order valence-electron chi connectivity index (χ4n) is 1.87. The van der Waals surface area contributed by atoms with Crippen LogP contribution in [-0.2, 0) is 9.47 Å². The van der Waals surface area contributed by atoms with Crippen LogP contribution in [0.2, 0.25) is 0 Å². The molecule has 2 saturated heterocycles. The highest BCUT2D eigenvalue weighted by Gasteiger charge is 2.42. The molecule has 0 amide bonds. The van der Waals surface area contributed by atoms with Gasteiger partial charge < -0.3 is 55.4 Å².